The molecule has 2 rings (SSSR count). The van der Waals surface area contributed by atoms with Gasteiger partial charge in [0, 0.05) is 23.2 Å². The van der Waals surface area contributed by atoms with Crippen LogP contribution in [0.25, 0.3) is 0 Å². The predicted octanol–water partition coefficient (Wildman–Crippen LogP) is 4.00. The molecular weight excluding hydrogens is 296 g/mol. The van der Waals surface area contributed by atoms with E-state index in [4.69, 9.17) is 17.3 Å². The summed E-state index contributed by atoms with van der Waals surface area (Å²) in [7, 11) is 0. The smallest absolute Gasteiger partial charge is 0.227 e. The molecular formula is C18H21ClN2O. The highest BCUT2D eigenvalue weighted by Crippen LogP contribution is 2.20. The van der Waals surface area contributed by atoms with E-state index >= 15 is 0 Å². The molecule has 1 unspecified atom stereocenters. The van der Waals surface area contributed by atoms with Crippen molar-refractivity contribution in [3.63, 3.8) is 0 Å². The highest BCUT2D eigenvalue weighted by molar-refractivity contribution is 6.30. The van der Waals surface area contributed by atoms with Crippen molar-refractivity contribution in [2.24, 2.45) is 5.73 Å². The summed E-state index contributed by atoms with van der Waals surface area (Å²) >= 11 is 5.92. The molecule has 3 nitrogen and oxygen atoms in total. The zero-order chi connectivity index (χ0) is 15.9. The highest BCUT2D eigenvalue weighted by atomic mass is 35.5. The van der Waals surface area contributed by atoms with Crippen LogP contribution < -0.4 is 10.6 Å². The molecule has 116 valence electrons. The molecule has 0 fully saturated rings. The van der Waals surface area contributed by atoms with E-state index in [1.807, 2.05) is 61.5 Å². The van der Waals surface area contributed by atoms with Gasteiger partial charge in [0.2, 0.25) is 5.91 Å². The van der Waals surface area contributed by atoms with Crippen molar-refractivity contribution in [3.8, 4) is 0 Å². The van der Waals surface area contributed by atoms with Crippen LogP contribution in [-0.2, 0) is 11.3 Å². The molecule has 0 saturated carbocycles. The fourth-order valence-electron chi connectivity index (χ4n) is 2.19. The van der Waals surface area contributed by atoms with E-state index in [0.717, 1.165) is 11.3 Å². The lowest BCUT2D eigenvalue weighted by molar-refractivity contribution is -0.118. The van der Waals surface area contributed by atoms with Crippen molar-refractivity contribution in [1.82, 2.24) is 0 Å². The van der Waals surface area contributed by atoms with E-state index < -0.39 is 0 Å². The van der Waals surface area contributed by atoms with Gasteiger partial charge in [-0.05, 0) is 43.2 Å². The highest BCUT2D eigenvalue weighted by Gasteiger charge is 2.16. The number of nitrogens with zero attached hydrogens (tertiary/aromatic N) is 1. The summed E-state index contributed by atoms with van der Waals surface area (Å²) in [5, 5.41) is 0.693. The van der Waals surface area contributed by atoms with Crippen LogP contribution in [0, 0.1) is 0 Å². The quantitative estimate of drug-likeness (QED) is 0.875. The van der Waals surface area contributed by atoms with E-state index in [1.165, 1.54) is 0 Å². The number of amides is 1. The summed E-state index contributed by atoms with van der Waals surface area (Å²) in [6.07, 6.45) is 1.13. The van der Waals surface area contributed by atoms with E-state index in [9.17, 15) is 4.79 Å². The summed E-state index contributed by atoms with van der Waals surface area (Å²) in [4.78, 5) is 14.4. The average Bonchev–Trinajstić information content (AvgIpc) is 2.53. The minimum absolute atomic E-state index is 0.0251. The standard InChI is InChI=1S/C18H21ClN2O/c1-14(20)7-12-18(22)21(17-5-3-2-4-6-17)13-15-8-10-16(19)11-9-15/h2-6,8-11,14H,7,12-13,20H2,1H3. The second-order valence-corrected chi connectivity index (χ2v) is 5.89. The summed E-state index contributed by atoms with van der Waals surface area (Å²) in [6.45, 7) is 2.44. The van der Waals surface area contributed by atoms with Crippen LogP contribution in [0.1, 0.15) is 25.3 Å². The van der Waals surface area contributed by atoms with Gasteiger partial charge in [0.1, 0.15) is 0 Å². The monoisotopic (exact) mass is 316 g/mol. The molecule has 1 amide bonds. The van der Waals surface area contributed by atoms with Gasteiger partial charge in [0.15, 0.2) is 0 Å². The van der Waals surface area contributed by atoms with Gasteiger partial charge < -0.3 is 10.6 Å². The SMILES string of the molecule is CC(N)CCC(=O)N(Cc1ccc(Cl)cc1)c1ccccc1. The number of para-hydroxylation sites is 1. The summed E-state index contributed by atoms with van der Waals surface area (Å²) in [5.41, 5.74) is 7.70. The first-order valence-corrected chi connectivity index (χ1v) is 7.79. The van der Waals surface area contributed by atoms with Crippen molar-refractivity contribution < 1.29 is 4.79 Å². The first kappa shape index (κ1) is 16.5. The van der Waals surface area contributed by atoms with Gasteiger partial charge in [0.25, 0.3) is 0 Å². The third-order valence-electron chi connectivity index (χ3n) is 3.44. The Bertz CT molecular complexity index is 596. The van der Waals surface area contributed by atoms with Gasteiger partial charge >= 0.3 is 0 Å². The maximum Gasteiger partial charge on any atom is 0.227 e. The van der Waals surface area contributed by atoms with Gasteiger partial charge in [-0.1, -0.05) is 41.9 Å². The normalized spacial score (nSPS) is 12.0. The average molecular weight is 317 g/mol. The van der Waals surface area contributed by atoms with Crippen LogP contribution >= 0.6 is 11.6 Å². The number of benzene rings is 2. The van der Waals surface area contributed by atoms with Crippen molar-refractivity contribution in [3.05, 3.63) is 65.2 Å². The fraction of sp³-hybridized carbons (Fsp3) is 0.278. The topological polar surface area (TPSA) is 46.3 Å². The number of anilines is 1. The zero-order valence-corrected chi connectivity index (χ0v) is 13.5. The molecule has 0 spiro atoms. The van der Waals surface area contributed by atoms with E-state index in [0.29, 0.717) is 24.4 Å². The first-order chi connectivity index (χ1) is 10.6. The molecule has 2 aromatic carbocycles. The Morgan fingerprint density at radius 3 is 2.36 bits per heavy atom. The lowest BCUT2D eigenvalue weighted by Gasteiger charge is -2.23. The Morgan fingerprint density at radius 1 is 1.14 bits per heavy atom. The predicted molar refractivity (Wildman–Crippen MR) is 92.0 cm³/mol. The number of hydrogen-bond acceptors (Lipinski definition) is 2. The Kier molecular flexibility index (Phi) is 5.99. The number of carbonyl (C=O) groups is 1. The van der Waals surface area contributed by atoms with Gasteiger partial charge in [-0.25, -0.2) is 0 Å². The Morgan fingerprint density at radius 2 is 1.77 bits per heavy atom. The molecule has 4 heteroatoms. The molecule has 22 heavy (non-hydrogen) atoms. The van der Waals surface area contributed by atoms with Gasteiger partial charge in [-0.3, -0.25) is 4.79 Å². The molecule has 0 aliphatic rings. The molecule has 2 N–H and O–H groups in total. The molecule has 0 heterocycles. The molecule has 0 radical (unpaired) electrons. The van der Waals surface area contributed by atoms with E-state index in [-0.39, 0.29) is 11.9 Å². The van der Waals surface area contributed by atoms with E-state index in [2.05, 4.69) is 0 Å². The van der Waals surface area contributed by atoms with Crippen molar-refractivity contribution in [2.45, 2.75) is 32.4 Å². The Balaban J connectivity index is 2.18. The second kappa shape index (κ2) is 7.97. The van der Waals surface area contributed by atoms with Gasteiger partial charge in [-0.15, -0.1) is 0 Å². The minimum atomic E-state index is 0.0251. The maximum absolute atomic E-state index is 12.6. The molecule has 2 aromatic rings. The summed E-state index contributed by atoms with van der Waals surface area (Å²) < 4.78 is 0. The molecule has 0 aromatic heterocycles. The third-order valence-corrected chi connectivity index (χ3v) is 3.69. The minimum Gasteiger partial charge on any atom is -0.328 e. The van der Waals surface area contributed by atoms with Crippen LogP contribution in [0.4, 0.5) is 5.69 Å². The van der Waals surface area contributed by atoms with Crippen molar-refractivity contribution in [1.29, 1.82) is 0 Å². The largest absolute Gasteiger partial charge is 0.328 e. The number of rotatable bonds is 6. The van der Waals surface area contributed by atoms with Gasteiger partial charge in [0.05, 0.1) is 6.54 Å². The van der Waals surface area contributed by atoms with Crippen molar-refractivity contribution >= 4 is 23.2 Å². The third kappa shape index (κ3) is 4.86. The van der Waals surface area contributed by atoms with Crippen LogP contribution in [0.5, 0.6) is 0 Å². The Labute approximate surface area is 136 Å². The van der Waals surface area contributed by atoms with Crippen LogP contribution in [0.3, 0.4) is 0 Å². The van der Waals surface area contributed by atoms with E-state index in [1.54, 1.807) is 4.90 Å². The summed E-state index contributed by atoms with van der Waals surface area (Å²) in [6, 6.07) is 17.3. The first-order valence-electron chi connectivity index (χ1n) is 7.41. The maximum atomic E-state index is 12.6. The van der Waals surface area contributed by atoms with Gasteiger partial charge in [-0.2, -0.15) is 0 Å². The molecule has 0 aliphatic carbocycles. The number of nitrogens with two attached hydrogens (primary N) is 1. The van der Waals surface area contributed by atoms with Crippen LogP contribution in [0.2, 0.25) is 5.02 Å². The lowest BCUT2D eigenvalue weighted by atomic mass is 10.1. The fourth-order valence-corrected chi connectivity index (χ4v) is 2.32. The number of halogens is 1. The molecule has 0 saturated heterocycles. The van der Waals surface area contributed by atoms with Crippen LogP contribution in [0.15, 0.2) is 54.6 Å². The Hall–Kier alpha value is -1.84. The molecule has 0 aliphatic heterocycles. The lowest BCUT2D eigenvalue weighted by Crippen LogP contribution is -2.31. The molecule has 0 bridgehead atoms. The summed E-state index contributed by atoms with van der Waals surface area (Å²) in [5.74, 6) is 0.0819. The number of carbonyl (C=O) groups excluding carboxylic acids is 1. The molecule has 1 atom stereocenters. The second-order valence-electron chi connectivity index (χ2n) is 5.46. The van der Waals surface area contributed by atoms with Crippen molar-refractivity contribution in [2.75, 3.05) is 4.90 Å². The van der Waals surface area contributed by atoms with Crippen LogP contribution in [-0.4, -0.2) is 11.9 Å². The number of hydrogen-bond donors (Lipinski definition) is 1. The zero-order valence-electron chi connectivity index (χ0n) is 12.7.